The van der Waals surface area contributed by atoms with Crippen molar-refractivity contribution < 1.29 is 23.9 Å². The predicted octanol–water partition coefficient (Wildman–Crippen LogP) is 4.34. The van der Waals surface area contributed by atoms with E-state index < -0.39 is 23.7 Å². The largest absolute Gasteiger partial charge is 0.456 e. The van der Waals surface area contributed by atoms with Crippen LogP contribution in [0, 0.1) is 7.14 Å². The number of carbonyl (C=O) groups is 4. The SMILES string of the molecule is C=CCN(CC=C)C(=O)c1c(I)c(C(=O)Cl)cc(N(I)C(=O)COC(C)=O)c1I. The van der Waals surface area contributed by atoms with Gasteiger partial charge in [-0.05, 0) is 62.8 Å². The van der Waals surface area contributed by atoms with Gasteiger partial charge in [-0.1, -0.05) is 12.2 Å². The number of carbonyl (C=O) groups excluding carboxylic acids is 4. The lowest BCUT2D eigenvalue weighted by atomic mass is 10.1. The highest BCUT2D eigenvalue weighted by molar-refractivity contribution is 14.1. The predicted molar refractivity (Wildman–Crippen MR) is 136 cm³/mol. The molecule has 0 N–H and O–H groups in total. The molecule has 0 aliphatic rings. The third-order valence-electron chi connectivity index (χ3n) is 3.42. The smallest absolute Gasteiger partial charge is 0.303 e. The first kappa shape index (κ1) is 26.3. The second-order valence-corrected chi connectivity index (χ2v) is 8.93. The number of rotatable bonds is 9. The first-order valence-electron chi connectivity index (χ1n) is 7.91. The van der Waals surface area contributed by atoms with Gasteiger partial charge in [-0.25, -0.2) is 3.11 Å². The minimum atomic E-state index is -0.766. The van der Waals surface area contributed by atoms with Crippen LogP contribution in [0.1, 0.15) is 27.6 Å². The Morgan fingerprint density at radius 2 is 1.69 bits per heavy atom. The summed E-state index contributed by atoms with van der Waals surface area (Å²) >= 11 is 11.3. The standard InChI is InChI=1S/C18H16ClI3N2O5/c1-4-6-23(7-5-2)18(28)14-15(20)11(17(19)27)8-12(16(14)21)24(22)13(26)9-29-10(3)25/h4-5,8H,1-2,6-7,9H2,3H3. The van der Waals surface area contributed by atoms with E-state index in [0.717, 1.165) is 0 Å². The number of nitrogens with zero attached hydrogens (tertiary/aromatic N) is 2. The summed E-state index contributed by atoms with van der Waals surface area (Å²) in [6.07, 6.45) is 3.15. The number of esters is 1. The van der Waals surface area contributed by atoms with Gasteiger partial charge in [-0.3, -0.25) is 19.2 Å². The number of hydrogen-bond acceptors (Lipinski definition) is 5. The van der Waals surface area contributed by atoms with E-state index in [-0.39, 0.29) is 35.8 Å². The molecule has 0 atom stereocenters. The Labute approximate surface area is 214 Å². The van der Waals surface area contributed by atoms with Crippen LogP contribution >= 0.6 is 79.6 Å². The van der Waals surface area contributed by atoms with Gasteiger partial charge in [0, 0.05) is 23.6 Å². The zero-order chi connectivity index (χ0) is 22.3. The Morgan fingerprint density at radius 1 is 1.14 bits per heavy atom. The van der Waals surface area contributed by atoms with E-state index in [1.165, 1.54) is 21.0 Å². The highest BCUT2D eigenvalue weighted by Crippen LogP contribution is 2.35. The summed E-state index contributed by atoms with van der Waals surface area (Å²) in [4.78, 5) is 50.0. The Balaban J connectivity index is 3.57. The highest BCUT2D eigenvalue weighted by atomic mass is 127. The molecular formula is C18H16ClI3N2O5. The van der Waals surface area contributed by atoms with E-state index in [9.17, 15) is 19.2 Å². The van der Waals surface area contributed by atoms with Gasteiger partial charge in [0.05, 0.1) is 43.2 Å². The lowest BCUT2D eigenvalue weighted by molar-refractivity contribution is -0.145. The molecule has 0 aliphatic heterocycles. The fourth-order valence-electron chi connectivity index (χ4n) is 2.16. The molecule has 7 nitrogen and oxygen atoms in total. The van der Waals surface area contributed by atoms with Crippen molar-refractivity contribution in [3.05, 3.63) is 49.6 Å². The molecule has 0 aromatic heterocycles. The van der Waals surface area contributed by atoms with Crippen LogP contribution in [0.3, 0.4) is 0 Å². The second kappa shape index (κ2) is 12.2. The van der Waals surface area contributed by atoms with Crippen LogP contribution in [-0.4, -0.2) is 47.6 Å². The molecule has 156 valence electrons. The number of halogens is 4. The molecule has 2 amide bonds. The van der Waals surface area contributed by atoms with Crippen molar-refractivity contribution in [3.8, 4) is 0 Å². The van der Waals surface area contributed by atoms with Crippen LogP contribution in [0.5, 0.6) is 0 Å². The van der Waals surface area contributed by atoms with Gasteiger partial charge in [0.15, 0.2) is 6.61 Å². The van der Waals surface area contributed by atoms with Gasteiger partial charge in [-0.15, -0.1) is 13.2 Å². The third kappa shape index (κ3) is 6.89. The van der Waals surface area contributed by atoms with E-state index in [1.807, 2.05) is 45.2 Å². The summed E-state index contributed by atoms with van der Waals surface area (Å²) in [5.74, 6) is -1.50. The lowest BCUT2D eigenvalue weighted by Crippen LogP contribution is -2.34. The van der Waals surface area contributed by atoms with Gasteiger partial charge in [-0.2, -0.15) is 0 Å². The summed E-state index contributed by atoms with van der Waals surface area (Å²) < 4.78 is 6.74. The van der Waals surface area contributed by atoms with Gasteiger partial charge < -0.3 is 9.64 Å². The average molecular weight is 756 g/mol. The fourth-order valence-corrected chi connectivity index (χ4v) is 5.76. The van der Waals surface area contributed by atoms with Crippen LogP contribution in [0.25, 0.3) is 0 Å². The fraction of sp³-hybridized carbons (Fsp3) is 0.222. The molecular weight excluding hydrogens is 740 g/mol. The zero-order valence-electron chi connectivity index (χ0n) is 15.2. The molecule has 0 fully saturated rings. The molecule has 0 spiro atoms. The van der Waals surface area contributed by atoms with Gasteiger partial charge in [0.1, 0.15) is 0 Å². The number of benzene rings is 1. The van der Waals surface area contributed by atoms with Crippen LogP contribution in [0.2, 0.25) is 0 Å². The number of ether oxygens (including phenoxy) is 1. The summed E-state index contributed by atoms with van der Waals surface area (Å²) in [5, 5.41) is -0.766. The number of hydrogen-bond donors (Lipinski definition) is 0. The molecule has 0 saturated carbocycles. The maximum atomic E-state index is 13.2. The summed E-state index contributed by atoms with van der Waals surface area (Å²) in [5.41, 5.74) is 0.608. The van der Waals surface area contributed by atoms with E-state index in [2.05, 4.69) is 13.2 Å². The molecule has 1 aromatic rings. The maximum absolute atomic E-state index is 13.2. The van der Waals surface area contributed by atoms with Gasteiger partial charge in [0.2, 0.25) is 0 Å². The summed E-state index contributed by atoms with van der Waals surface area (Å²) in [6.45, 7) is 8.55. The summed E-state index contributed by atoms with van der Waals surface area (Å²) in [7, 11) is 0. The number of amides is 2. The Hall–Kier alpha value is -0.740. The molecule has 0 radical (unpaired) electrons. The molecule has 29 heavy (non-hydrogen) atoms. The molecule has 0 aliphatic carbocycles. The molecule has 0 unspecified atom stereocenters. The van der Waals surface area contributed by atoms with E-state index in [0.29, 0.717) is 7.14 Å². The molecule has 0 saturated heterocycles. The van der Waals surface area contributed by atoms with Crippen molar-refractivity contribution >= 4 is 108 Å². The Kier molecular flexibility index (Phi) is 11.1. The Morgan fingerprint density at radius 3 is 2.14 bits per heavy atom. The third-order valence-corrected chi connectivity index (χ3v) is 6.90. The molecule has 0 bridgehead atoms. The molecule has 1 rings (SSSR count). The summed E-state index contributed by atoms with van der Waals surface area (Å²) in [6, 6.07) is 1.43. The normalized spacial score (nSPS) is 10.1. The Bertz CT molecular complexity index is 866. The first-order chi connectivity index (χ1) is 13.6. The zero-order valence-corrected chi connectivity index (χ0v) is 22.4. The quantitative estimate of drug-likeness (QED) is 0.123. The monoisotopic (exact) mass is 756 g/mol. The van der Waals surface area contributed by atoms with Crippen molar-refractivity contribution in [3.63, 3.8) is 0 Å². The topological polar surface area (TPSA) is 84.0 Å². The van der Waals surface area contributed by atoms with Gasteiger partial charge >= 0.3 is 5.97 Å². The second-order valence-electron chi connectivity index (χ2n) is 5.46. The minimum Gasteiger partial charge on any atom is -0.456 e. The first-order valence-corrected chi connectivity index (χ1v) is 11.4. The van der Waals surface area contributed by atoms with E-state index >= 15 is 0 Å². The molecule has 11 heteroatoms. The minimum absolute atomic E-state index is 0.0881. The van der Waals surface area contributed by atoms with Crippen molar-refractivity contribution in [2.24, 2.45) is 0 Å². The van der Waals surface area contributed by atoms with Crippen LogP contribution < -0.4 is 3.11 Å². The van der Waals surface area contributed by atoms with E-state index in [1.54, 1.807) is 35.0 Å². The van der Waals surface area contributed by atoms with Crippen molar-refractivity contribution in [2.45, 2.75) is 6.92 Å². The number of anilines is 1. The van der Waals surface area contributed by atoms with Crippen LogP contribution in [0.4, 0.5) is 5.69 Å². The average Bonchev–Trinajstić information content (AvgIpc) is 2.65. The maximum Gasteiger partial charge on any atom is 0.303 e. The van der Waals surface area contributed by atoms with Crippen LogP contribution in [-0.2, 0) is 14.3 Å². The lowest BCUT2D eigenvalue weighted by Gasteiger charge is -2.24. The van der Waals surface area contributed by atoms with Gasteiger partial charge in [0.25, 0.3) is 17.1 Å². The highest BCUT2D eigenvalue weighted by Gasteiger charge is 2.29. The van der Waals surface area contributed by atoms with E-state index in [4.69, 9.17) is 16.3 Å². The van der Waals surface area contributed by atoms with Crippen molar-refractivity contribution in [1.82, 2.24) is 4.90 Å². The van der Waals surface area contributed by atoms with Crippen molar-refractivity contribution in [2.75, 3.05) is 22.8 Å². The molecule has 0 heterocycles. The molecule has 1 aromatic carbocycles. The van der Waals surface area contributed by atoms with Crippen molar-refractivity contribution in [1.29, 1.82) is 0 Å². The van der Waals surface area contributed by atoms with Crippen LogP contribution in [0.15, 0.2) is 31.4 Å².